The van der Waals surface area contributed by atoms with Gasteiger partial charge in [-0.1, -0.05) is 41.7 Å². The quantitative estimate of drug-likeness (QED) is 0.708. The van der Waals surface area contributed by atoms with Crippen LogP contribution in [-0.4, -0.2) is 37.8 Å². The second kappa shape index (κ2) is 7.45. The molecule has 1 N–H and O–H groups in total. The first-order chi connectivity index (χ1) is 12.8. The van der Waals surface area contributed by atoms with Gasteiger partial charge >= 0.3 is 0 Å². The maximum absolute atomic E-state index is 12.5. The zero-order valence-electron chi connectivity index (χ0n) is 15.0. The van der Waals surface area contributed by atoms with E-state index in [1.165, 1.54) is 22.7 Å². The molecule has 0 atom stereocenters. The highest BCUT2D eigenvalue weighted by Crippen LogP contribution is 2.27. The Balaban J connectivity index is 1.77. The van der Waals surface area contributed by atoms with E-state index in [0.717, 1.165) is 11.8 Å². The molecule has 3 rings (SSSR count). The van der Waals surface area contributed by atoms with Crippen molar-refractivity contribution in [3.63, 3.8) is 0 Å². The highest BCUT2D eigenvalue weighted by Gasteiger charge is 2.17. The molecule has 27 heavy (non-hydrogen) atoms. The summed E-state index contributed by atoms with van der Waals surface area (Å²) in [4.78, 5) is 12.5. The minimum absolute atomic E-state index is 0.331. The molecule has 0 spiro atoms. The first kappa shape index (κ1) is 19.0. The largest absolute Gasteiger partial charge is 0.296 e. The van der Waals surface area contributed by atoms with Crippen LogP contribution in [0.1, 0.15) is 15.9 Å². The van der Waals surface area contributed by atoms with Gasteiger partial charge in [-0.2, -0.15) is 0 Å². The van der Waals surface area contributed by atoms with Gasteiger partial charge in [-0.25, -0.2) is 8.42 Å². The van der Waals surface area contributed by atoms with Gasteiger partial charge in [-0.15, -0.1) is 10.2 Å². The van der Waals surface area contributed by atoms with Crippen LogP contribution in [0.25, 0.3) is 10.6 Å². The fraction of sp³-hybridized carbons (Fsp3) is 0.167. The summed E-state index contributed by atoms with van der Waals surface area (Å²) in [5.41, 5.74) is 2.54. The molecule has 7 nitrogen and oxygen atoms in total. The van der Waals surface area contributed by atoms with Crippen molar-refractivity contribution < 1.29 is 13.2 Å². The van der Waals surface area contributed by atoms with E-state index in [9.17, 15) is 13.2 Å². The molecule has 0 fully saturated rings. The molecule has 140 valence electrons. The van der Waals surface area contributed by atoms with E-state index in [-0.39, 0.29) is 5.91 Å². The molecule has 0 aliphatic heterocycles. The Kier molecular flexibility index (Phi) is 5.24. The SMILES string of the molecule is Cc1cc(C(=O)Nc2nnc(-c3ccccc3)s2)ccc1N(C)S(C)(=O)=O. The number of nitrogens with one attached hydrogen (secondary N) is 1. The van der Waals surface area contributed by atoms with Gasteiger partial charge in [-0.05, 0) is 30.7 Å². The zero-order valence-corrected chi connectivity index (χ0v) is 16.6. The highest BCUT2D eigenvalue weighted by atomic mass is 32.2. The Labute approximate surface area is 161 Å². The van der Waals surface area contributed by atoms with E-state index < -0.39 is 10.0 Å². The fourth-order valence-corrected chi connectivity index (χ4v) is 3.78. The number of hydrogen-bond acceptors (Lipinski definition) is 6. The van der Waals surface area contributed by atoms with E-state index >= 15 is 0 Å². The Morgan fingerprint density at radius 3 is 2.44 bits per heavy atom. The normalized spacial score (nSPS) is 11.2. The van der Waals surface area contributed by atoms with Crippen LogP contribution in [0.15, 0.2) is 48.5 Å². The summed E-state index contributed by atoms with van der Waals surface area (Å²) in [7, 11) is -1.89. The number of nitrogens with zero attached hydrogens (tertiary/aromatic N) is 3. The van der Waals surface area contributed by atoms with Crippen molar-refractivity contribution in [2.75, 3.05) is 22.9 Å². The van der Waals surface area contributed by atoms with Gasteiger partial charge in [0.15, 0.2) is 0 Å². The predicted octanol–water partition coefficient (Wildman–Crippen LogP) is 3.16. The van der Waals surface area contributed by atoms with Crippen LogP contribution in [0, 0.1) is 6.92 Å². The van der Waals surface area contributed by atoms with Crippen LogP contribution in [0.4, 0.5) is 10.8 Å². The van der Waals surface area contributed by atoms with Gasteiger partial charge in [0.1, 0.15) is 5.01 Å². The number of carbonyl (C=O) groups excluding carboxylic acids is 1. The third kappa shape index (κ3) is 4.32. The van der Waals surface area contributed by atoms with E-state index in [1.807, 2.05) is 30.3 Å². The number of sulfonamides is 1. The molecule has 0 unspecified atom stereocenters. The van der Waals surface area contributed by atoms with Crippen LogP contribution in [-0.2, 0) is 10.0 Å². The van der Waals surface area contributed by atoms with Gasteiger partial charge in [0.2, 0.25) is 15.2 Å². The Hall–Kier alpha value is -2.78. The van der Waals surface area contributed by atoms with Crippen LogP contribution < -0.4 is 9.62 Å². The minimum Gasteiger partial charge on any atom is -0.296 e. The molecule has 0 radical (unpaired) electrons. The molecule has 1 aromatic heterocycles. The predicted molar refractivity (Wildman–Crippen MR) is 108 cm³/mol. The van der Waals surface area contributed by atoms with Gasteiger partial charge in [0.05, 0.1) is 11.9 Å². The molecule has 1 heterocycles. The molecule has 0 aliphatic carbocycles. The number of benzene rings is 2. The van der Waals surface area contributed by atoms with Crippen molar-refractivity contribution in [1.29, 1.82) is 0 Å². The first-order valence-electron chi connectivity index (χ1n) is 8.00. The number of aromatic nitrogens is 2. The second-order valence-electron chi connectivity index (χ2n) is 5.96. The lowest BCUT2D eigenvalue weighted by Gasteiger charge is -2.19. The summed E-state index contributed by atoms with van der Waals surface area (Å²) in [5.74, 6) is -0.331. The third-order valence-electron chi connectivity index (χ3n) is 3.96. The lowest BCUT2D eigenvalue weighted by atomic mass is 10.1. The third-order valence-corrected chi connectivity index (χ3v) is 6.04. The van der Waals surface area contributed by atoms with Crippen LogP contribution in [0.3, 0.4) is 0 Å². The molecule has 2 aromatic carbocycles. The van der Waals surface area contributed by atoms with Gasteiger partial charge < -0.3 is 0 Å². The number of amides is 1. The Bertz CT molecular complexity index is 1080. The van der Waals surface area contributed by atoms with Gasteiger partial charge in [-0.3, -0.25) is 14.4 Å². The van der Waals surface area contributed by atoms with E-state index in [4.69, 9.17) is 0 Å². The summed E-state index contributed by atoms with van der Waals surface area (Å²) in [6, 6.07) is 14.4. The van der Waals surface area contributed by atoms with Gasteiger partial charge in [0, 0.05) is 18.2 Å². The number of carbonyl (C=O) groups is 1. The molecule has 3 aromatic rings. The molecule has 9 heteroatoms. The molecule has 0 saturated carbocycles. The topological polar surface area (TPSA) is 92.3 Å². The molecular formula is C18H18N4O3S2. The van der Waals surface area contributed by atoms with Crippen LogP contribution >= 0.6 is 11.3 Å². The number of hydrogen-bond donors (Lipinski definition) is 1. The lowest BCUT2D eigenvalue weighted by molar-refractivity contribution is 0.102. The maximum atomic E-state index is 12.5. The lowest BCUT2D eigenvalue weighted by Crippen LogP contribution is -2.25. The van der Waals surface area contributed by atoms with Gasteiger partial charge in [0.25, 0.3) is 5.91 Å². The number of anilines is 2. The number of rotatable bonds is 5. The summed E-state index contributed by atoms with van der Waals surface area (Å²) in [6.07, 6.45) is 1.13. The second-order valence-corrected chi connectivity index (χ2v) is 8.96. The molecule has 0 aliphatic rings. The summed E-state index contributed by atoms with van der Waals surface area (Å²) in [5, 5.41) is 11.9. The first-order valence-corrected chi connectivity index (χ1v) is 10.7. The van der Waals surface area contributed by atoms with Crippen molar-refractivity contribution in [1.82, 2.24) is 10.2 Å². The average molecular weight is 403 g/mol. The molecule has 0 bridgehead atoms. The van der Waals surface area contributed by atoms with E-state index in [2.05, 4.69) is 15.5 Å². The van der Waals surface area contributed by atoms with E-state index in [0.29, 0.717) is 27.0 Å². The highest BCUT2D eigenvalue weighted by molar-refractivity contribution is 7.92. The summed E-state index contributed by atoms with van der Waals surface area (Å²) in [6.45, 7) is 1.76. The minimum atomic E-state index is -3.37. The smallest absolute Gasteiger partial charge is 0.257 e. The Morgan fingerprint density at radius 1 is 1.11 bits per heavy atom. The van der Waals surface area contributed by atoms with Crippen molar-refractivity contribution in [3.05, 3.63) is 59.7 Å². The maximum Gasteiger partial charge on any atom is 0.257 e. The molecule has 0 saturated heterocycles. The molecule has 1 amide bonds. The van der Waals surface area contributed by atoms with Crippen LogP contribution in [0.5, 0.6) is 0 Å². The average Bonchev–Trinajstić information content (AvgIpc) is 3.09. The van der Waals surface area contributed by atoms with Crippen molar-refractivity contribution in [2.24, 2.45) is 0 Å². The zero-order chi connectivity index (χ0) is 19.6. The van der Waals surface area contributed by atoms with E-state index in [1.54, 1.807) is 25.1 Å². The van der Waals surface area contributed by atoms with Crippen molar-refractivity contribution in [2.45, 2.75) is 6.92 Å². The van der Waals surface area contributed by atoms with Crippen molar-refractivity contribution in [3.8, 4) is 10.6 Å². The fourth-order valence-electron chi connectivity index (χ4n) is 2.47. The molecular weight excluding hydrogens is 384 g/mol. The summed E-state index contributed by atoms with van der Waals surface area (Å²) < 4.78 is 24.6. The standard InChI is InChI=1S/C18H18N4O3S2/c1-12-11-14(9-10-15(12)22(2)27(3,24)25)16(23)19-18-21-20-17(26-18)13-7-5-4-6-8-13/h4-11H,1-3H3,(H,19,21,23). The Morgan fingerprint density at radius 2 is 1.81 bits per heavy atom. The number of aryl methyl sites for hydroxylation is 1. The summed E-state index contributed by atoms with van der Waals surface area (Å²) >= 11 is 1.28. The van der Waals surface area contributed by atoms with Crippen molar-refractivity contribution >= 4 is 38.1 Å². The van der Waals surface area contributed by atoms with Crippen LogP contribution in [0.2, 0.25) is 0 Å². The monoisotopic (exact) mass is 402 g/mol.